The zero-order valence-electron chi connectivity index (χ0n) is 11.7. The number of ether oxygens (including phenoxy) is 1. The van der Waals surface area contributed by atoms with Crippen molar-refractivity contribution in [3.63, 3.8) is 0 Å². The fraction of sp³-hybridized carbons (Fsp3) is 0.615. The lowest BCUT2D eigenvalue weighted by atomic mass is 9.86. The Bertz CT molecular complexity index is 680. The molecule has 6 nitrogen and oxygen atoms in total. The highest BCUT2D eigenvalue weighted by Gasteiger charge is 2.53. The largest absolute Gasteiger partial charge is 0.481 e. The van der Waals surface area contributed by atoms with Crippen LogP contribution in [0.15, 0.2) is 16.3 Å². The van der Waals surface area contributed by atoms with E-state index in [1.165, 1.54) is 10.4 Å². The minimum atomic E-state index is -3.90. The monoisotopic (exact) mass is 349 g/mol. The summed E-state index contributed by atoms with van der Waals surface area (Å²) in [4.78, 5) is 11.3. The summed E-state index contributed by atoms with van der Waals surface area (Å²) in [5.74, 6) is -1.74. The number of hydrogen-bond donors (Lipinski definition) is 1. The highest BCUT2D eigenvalue weighted by molar-refractivity contribution is 7.91. The minimum Gasteiger partial charge on any atom is -0.481 e. The van der Waals surface area contributed by atoms with Gasteiger partial charge in [-0.3, -0.25) is 4.79 Å². The molecule has 0 aromatic carbocycles. The molecule has 2 aliphatic heterocycles. The molecule has 1 aromatic rings. The molecule has 22 heavy (non-hydrogen) atoms. The van der Waals surface area contributed by atoms with Crippen molar-refractivity contribution in [1.82, 2.24) is 4.31 Å². The van der Waals surface area contributed by atoms with Gasteiger partial charge in [0.05, 0.1) is 5.92 Å². The van der Waals surface area contributed by atoms with Crippen LogP contribution in [-0.2, 0) is 19.6 Å². The normalized spacial score (nSPS) is 25.6. The van der Waals surface area contributed by atoms with Gasteiger partial charge in [0.2, 0.25) is 0 Å². The summed E-state index contributed by atoms with van der Waals surface area (Å²) < 4.78 is 45.3. The van der Waals surface area contributed by atoms with Gasteiger partial charge in [0, 0.05) is 25.3 Å². The van der Waals surface area contributed by atoms with E-state index in [4.69, 9.17) is 4.74 Å². The lowest BCUT2D eigenvalue weighted by Gasteiger charge is -2.40. The molecular weight excluding hydrogens is 333 g/mol. The van der Waals surface area contributed by atoms with Crippen LogP contribution in [0.25, 0.3) is 0 Å². The van der Waals surface area contributed by atoms with E-state index in [9.17, 15) is 22.7 Å². The van der Waals surface area contributed by atoms with Crippen LogP contribution in [-0.4, -0.2) is 49.1 Å². The van der Waals surface area contributed by atoms with E-state index in [1.54, 1.807) is 0 Å². The highest BCUT2D eigenvalue weighted by atomic mass is 32.2. The van der Waals surface area contributed by atoms with Gasteiger partial charge in [-0.25, -0.2) is 8.42 Å². The number of thiophene rings is 1. The maximum Gasteiger partial charge on any atom is 0.307 e. The second kappa shape index (κ2) is 5.55. The second-order valence-corrected chi connectivity index (χ2v) is 8.79. The van der Waals surface area contributed by atoms with Crippen LogP contribution in [0.3, 0.4) is 0 Å². The molecule has 1 N–H and O–H groups in total. The summed E-state index contributed by atoms with van der Waals surface area (Å²) >= 11 is 0.564. The minimum absolute atomic E-state index is 0.0722. The highest BCUT2D eigenvalue weighted by Crippen LogP contribution is 2.44. The van der Waals surface area contributed by atoms with Gasteiger partial charge < -0.3 is 9.84 Å². The van der Waals surface area contributed by atoms with Crippen molar-refractivity contribution in [2.75, 3.05) is 19.8 Å². The van der Waals surface area contributed by atoms with Crippen LogP contribution < -0.4 is 0 Å². The SMILES string of the molecule is O=C(O)C1CN(S(=O)(=O)c2ccc(F)s2)C2(CCOCC2)C1. The van der Waals surface area contributed by atoms with E-state index in [0.717, 1.165) is 6.07 Å². The van der Waals surface area contributed by atoms with E-state index in [-0.39, 0.29) is 17.2 Å². The molecule has 0 radical (unpaired) electrons. The molecule has 0 aliphatic carbocycles. The fourth-order valence-electron chi connectivity index (χ4n) is 3.29. The Hall–Kier alpha value is -1.03. The van der Waals surface area contributed by atoms with Crippen molar-refractivity contribution in [3.8, 4) is 0 Å². The van der Waals surface area contributed by atoms with Crippen LogP contribution in [0.2, 0.25) is 0 Å². The van der Waals surface area contributed by atoms with E-state index in [1.807, 2.05) is 0 Å². The molecule has 1 aromatic heterocycles. The summed E-state index contributed by atoms with van der Waals surface area (Å²) in [7, 11) is -3.90. The number of aliphatic carboxylic acids is 1. The van der Waals surface area contributed by atoms with Crippen LogP contribution in [0.5, 0.6) is 0 Å². The molecule has 2 aliphatic rings. The summed E-state index contributed by atoms with van der Waals surface area (Å²) in [6.45, 7) is 0.728. The molecule has 1 spiro atoms. The Labute approximate surface area is 131 Å². The van der Waals surface area contributed by atoms with Crippen molar-refractivity contribution >= 4 is 27.3 Å². The topological polar surface area (TPSA) is 83.9 Å². The predicted octanol–water partition coefficient (Wildman–Crippen LogP) is 1.53. The van der Waals surface area contributed by atoms with Gasteiger partial charge in [0.25, 0.3) is 10.0 Å². The van der Waals surface area contributed by atoms with Gasteiger partial charge in [-0.2, -0.15) is 8.70 Å². The molecule has 3 rings (SSSR count). The van der Waals surface area contributed by atoms with E-state index in [2.05, 4.69) is 0 Å². The number of rotatable bonds is 3. The third-order valence-electron chi connectivity index (χ3n) is 4.41. The lowest BCUT2D eigenvalue weighted by Crippen LogP contribution is -2.50. The van der Waals surface area contributed by atoms with Crippen molar-refractivity contribution in [2.45, 2.75) is 29.0 Å². The molecule has 2 saturated heterocycles. The second-order valence-electron chi connectivity index (χ2n) is 5.67. The average Bonchev–Trinajstić information content (AvgIpc) is 3.05. The van der Waals surface area contributed by atoms with Gasteiger partial charge >= 0.3 is 5.97 Å². The molecule has 1 unspecified atom stereocenters. The van der Waals surface area contributed by atoms with Gasteiger partial charge in [-0.05, 0) is 31.4 Å². The first kappa shape index (κ1) is 15.9. The Balaban J connectivity index is 2.00. The fourth-order valence-corrected chi connectivity index (χ4v) is 6.28. The molecule has 122 valence electrons. The Morgan fingerprint density at radius 1 is 1.41 bits per heavy atom. The molecular formula is C13H16FNO5S2. The van der Waals surface area contributed by atoms with Gasteiger partial charge in [0.1, 0.15) is 4.21 Å². The molecule has 2 fully saturated rings. The number of halogens is 1. The zero-order chi connectivity index (χ0) is 16.0. The number of nitrogens with zero attached hydrogens (tertiary/aromatic N) is 1. The summed E-state index contributed by atoms with van der Waals surface area (Å²) in [6.07, 6.45) is 1.20. The maximum atomic E-state index is 13.2. The first-order valence-electron chi connectivity index (χ1n) is 6.94. The molecule has 9 heteroatoms. The van der Waals surface area contributed by atoms with Crippen molar-refractivity contribution in [1.29, 1.82) is 0 Å². The van der Waals surface area contributed by atoms with Crippen molar-refractivity contribution in [3.05, 3.63) is 17.3 Å². The quantitative estimate of drug-likeness (QED) is 0.895. The Kier molecular flexibility index (Phi) is 4.00. The number of carboxylic acids is 1. The lowest BCUT2D eigenvalue weighted by molar-refractivity contribution is -0.141. The third-order valence-corrected chi connectivity index (χ3v) is 7.72. The first-order valence-corrected chi connectivity index (χ1v) is 9.20. The van der Waals surface area contributed by atoms with Gasteiger partial charge in [0.15, 0.2) is 5.13 Å². The third kappa shape index (κ3) is 2.55. The number of sulfonamides is 1. The zero-order valence-corrected chi connectivity index (χ0v) is 13.3. The number of carboxylic acid groups (broad SMARTS) is 1. The summed E-state index contributed by atoms with van der Waals surface area (Å²) in [6, 6.07) is 2.34. The predicted molar refractivity (Wildman–Crippen MR) is 76.7 cm³/mol. The van der Waals surface area contributed by atoms with Crippen LogP contribution >= 0.6 is 11.3 Å². The van der Waals surface area contributed by atoms with Gasteiger partial charge in [-0.1, -0.05) is 11.3 Å². The van der Waals surface area contributed by atoms with E-state index < -0.39 is 32.6 Å². The molecule has 0 saturated carbocycles. The molecule has 3 heterocycles. The standard InChI is InChI=1S/C13H16FNO5S2/c14-10-1-2-11(21-10)22(18,19)15-8-9(12(16)17)7-13(15)3-5-20-6-4-13/h1-2,9H,3-8H2,(H,16,17). The van der Waals surface area contributed by atoms with Gasteiger partial charge in [-0.15, -0.1) is 0 Å². The Morgan fingerprint density at radius 2 is 2.09 bits per heavy atom. The molecule has 0 amide bonds. The Morgan fingerprint density at radius 3 is 2.64 bits per heavy atom. The van der Waals surface area contributed by atoms with E-state index in [0.29, 0.717) is 37.4 Å². The maximum absolute atomic E-state index is 13.2. The van der Waals surface area contributed by atoms with Crippen molar-refractivity contribution in [2.24, 2.45) is 5.92 Å². The molecule has 1 atom stereocenters. The molecule has 0 bridgehead atoms. The average molecular weight is 349 g/mol. The number of carbonyl (C=O) groups is 1. The van der Waals surface area contributed by atoms with E-state index >= 15 is 0 Å². The first-order chi connectivity index (χ1) is 10.3. The van der Waals surface area contributed by atoms with Crippen LogP contribution in [0, 0.1) is 11.0 Å². The number of hydrogen-bond acceptors (Lipinski definition) is 5. The smallest absolute Gasteiger partial charge is 0.307 e. The summed E-state index contributed by atoms with van der Waals surface area (Å²) in [5, 5.41) is 8.70. The van der Waals surface area contributed by atoms with Crippen LogP contribution in [0.1, 0.15) is 19.3 Å². The van der Waals surface area contributed by atoms with Crippen molar-refractivity contribution < 1.29 is 27.4 Å². The summed E-state index contributed by atoms with van der Waals surface area (Å²) in [5.41, 5.74) is -0.736. The van der Waals surface area contributed by atoms with Crippen LogP contribution in [0.4, 0.5) is 4.39 Å².